The van der Waals surface area contributed by atoms with Gasteiger partial charge >= 0.3 is 0 Å². The smallest absolute Gasteiger partial charge is 0.123 e. The molecule has 0 amide bonds. The molecule has 0 bridgehead atoms. The van der Waals surface area contributed by atoms with Gasteiger partial charge in [0.25, 0.3) is 0 Å². The van der Waals surface area contributed by atoms with Crippen molar-refractivity contribution in [3.05, 3.63) is 52.8 Å². The topological polar surface area (TPSA) is 17.8 Å². The molecule has 1 aromatic heterocycles. The lowest BCUT2D eigenvalue weighted by atomic mass is 10.2. The molecule has 0 radical (unpaired) electrons. The van der Waals surface area contributed by atoms with E-state index in [4.69, 9.17) is 23.2 Å². The minimum Gasteiger partial charge on any atom is -0.333 e. The second-order valence-corrected chi connectivity index (χ2v) is 4.08. The maximum Gasteiger partial charge on any atom is 0.123 e. The minimum absolute atomic E-state index is 0.294. The molecule has 0 saturated heterocycles. The average molecular weight is 259 g/mol. The number of hydrogen-bond donors (Lipinski definition) is 0. The summed E-state index contributed by atoms with van der Waals surface area (Å²) in [5.41, 5.74) is 1.51. The SMILES string of the molecule is Fc1ccc(Cl)c(Cn2cnc(CCl)c2)c1. The molecule has 0 atom stereocenters. The number of nitrogens with zero attached hydrogens (tertiary/aromatic N) is 2. The Labute approximate surface area is 103 Å². The molecule has 0 aliphatic carbocycles. The summed E-state index contributed by atoms with van der Waals surface area (Å²) in [5.74, 6) is 0.0706. The zero-order valence-electron chi connectivity index (χ0n) is 8.33. The van der Waals surface area contributed by atoms with Gasteiger partial charge in [0.1, 0.15) is 5.82 Å². The number of benzene rings is 1. The average Bonchev–Trinajstić information content (AvgIpc) is 2.71. The maximum atomic E-state index is 13.0. The van der Waals surface area contributed by atoms with E-state index in [0.29, 0.717) is 17.4 Å². The summed E-state index contributed by atoms with van der Waals surface area (Å²) in [6.45, 7) is 0.487. The Morgan fingerprint density at radius 1 is 1.38 bits per heavy atom. The van der Waals surface area contributed by atoms with Crippen molar-refractivity contribution in [1.29, 1.82) is 0 Å². The van der Waals surface area contributed by atoms with Crippen LogP contribution in [0, 0.1) is 5.82 Å². The molecule has 84 valence electrons. The van der Waals surface area contributed by atoms with E-state index in [0.717, 1.165) is 11.3 Å². The van der Waals surface area contributed by atoms with Gasteiger partial charge in [0.15, 0.2) is 0 Å². The van der Waals surface area contributed by atoms with Crippen LogP contribution in [-0.2, 0) is 12.4 Å². The lowest BCUT2D eigenvalue weighted by Gasteiger charge is -2.04. The van der Waals surface area contributed by atoms with Crippen molar-refractivity contribution in [2.75, 3.05) is 0 Å². The molecule has 2 aromatic rings. The van der Waals surface area contributed by atoms with E-state index in [1.54, 1.807) is 12.4 Å². The Morgan fingerprint density at radius 2 is 2.19 bits per heavy atom. The molecule has 2 rings (SSSR count). The highest BCUT2D eigenvalue weighted by molar-refractivity contribution is 6.31. The zero-order chi connectivity index (χ0) is 11.5. The van der Waals surface area contributed by atoms with Crippen molar-refractivity contribution in [2.45, 2.75) is 12.4 Å². The molecule has 0 unspecified atom stereocenters. The van der Waals surface area contributed by atoms with Crippen LogP contribution in [0.25, 0.3) is 0 Å². The summed E-state index contributed by atoms with van der Waals surface area (Å²) in [6.07, 6.45) is 3.47. The predicted octanol–water partition coefficient (Wildman–Crippen LogP) is 3.46. The summed E-state index contributed by atoms with van der Waals surface area (Å²) in [4.78, 5) is 4.08. The third kappa shape index (κ3) is 2.54. The number of halogens is 3. The predicted molar refractivity (Wildman–Crippen MR) is 62.3 cm³/mol. The molecule has 1 heterocycles. The number of hydrogen-bond acceptors (Lipinski definition) is 1. The van der Waals surface area contributed by atoms with Crippen LogP contribution < -0.4 is 0 Å². The fourth-order valence-electron chi connectivity index (χ4n) is 1.42. The van der Waals surface area contributed by atoms with E-state index in [-0.39, 0.29) is 5.82 Å². The Hall–Kier alpha value is -1.06. The molecular weight excluding hydrogens is 250 g/mol. The Kier molecular flexibility index (Phi) is 3.46. The third-order valence-corrected chi connectivity index (χ3v) is 2.83. The lowest BCUT2D eigenvalue weighted by Crippen LogP contribution is -1.97. The molecule has 5 heteroatoms. The van der Waals surface area contributed by atoms with Gasteiger partial charge in [-0.25, -0.2) is 9.37 Å². The molecule has 16 heavy (non-hydrogen) atoms. The highest BCUT2D eigenvalue weighted by Gasteiger charge is 2.04. The quantitative estimate of drug-likeness (QED) is 0.772. The lowest BCUT2D eigenvalue weighted by molar-refractivity contribution is 0.623. The fraction of sp³-hybridized carbons (Fsp3) is 0.182. The van der Waals surface area contributed by atoms with Gasteiger partial charge in [0.05, 0.1) is 24.4 Å². The van der Waals surface area contributed by atoms with Gasteiger partial charge in [-0.1, -0.05) is 11.6 Å². The summed E-state index contributed by atoms with van der Waals surface area (Å²) >= 11 is 11.6. The first-order valence-corrected chi connectivity index (χ1v) is 5.61. The van der Waals surface area contributed by atoms with Crippen molar-refractivity contribution < 1.29 is 4.39 Å². The Balaban J connectivity index is 2.22. The summed E-state index contributed by atoms with van der Waals surface area (Å²) in [6, 6.07) is 4.30. The second-order valence-electron chi connectivity index (χ2n) is 3.41. The maximum absolute atomic E-state index is 13.0. The summed E-state index contributed by atoms with van der Waals surface area (Å²) in [5, 5.41) is 0.544. The molecule has 0 aliphatic rings. The summed E-state index contributed by atoms with van der Waals surface area (Å²) in [7, 11) is 0. The second kappa shape index (κ2) is 4.85. The van der Waals surface area contributed by atoms with Gasteiger partial charge in [0, 0.05) is 11.2 Å². The molecule has 0 aliphatic heterocycles. The molecule has 0 fully saturated rings. The van der Waals surface area contributed by atoms with Gasteiger partial charge in [-0.3, -0.25) is 0 Å². The first-order valence-electron chi connectivity index (χ1n) is 4.69. The minimum atomic E-state index is -0.294. The molecular formula is C11H9Cl2FN2. The van der Waals surface area contributed by atoms with Crippen LogP contribution >= 0.6 is 23.2 Å². The molecule has 0 spiro atoms. The van der Waals surface area contributed by atoms with Crippen molar-refractivity contribution in [2.24, 2.45) is 0 Å². The van der Waals surface area contributed by atoms with E-state index in [9.17, 15) is 4.39 Å². The zero-order valence-corrected chi connectivity index (χ0v) is 9.84. The van der Waals surface area contributed by atoms with Gasteiger partial charge in [-0.2, -0.15) is 0 Å². The summed E-state index contributed by atoms with van der Waals surface area (Å²) < 4.78 is 14.8. The van der Waals surface area contributed by atoms with E-state index in [1.165, 1.54) is 12.1 Å². The van der Waals surface area contributed by atoms with E-state index < -0.39 is 0 Å². The number of alkyl halides is 1. The molecule has 0 N–H and O–H groups in total. The van der Waals surface area contributed by atoms with Gasteiger partial charge in [-0.15, -0.1) is 11.6 Å². The van der Waals surface area contributed by atoms with Gasteiger partial charge < -0.3 is 4.57 Å². The third-order valence-electron chi connectivity index (χ3n) is 2.18. The monoisotopic (exact) mass is 258 g/mol. The van der Waals surface area contributed by atoms with Crippen molar-refractivity contribution in [1.82, 2.24) is 9.55 Å². The number of imidazole rings is 1. The van der Waals surface area contributed by atoms with E-state index in [1.807, 2.05) is 10.8 Å². The van der Waals surface area contributed by atoms with Crippen molar-refractivity contribution in [3.63, 3.8) is 0 Å². The van der Waals surface area contributed by atoms with Crippen LogP contribution in [-0.4, -0.2) is 9.55 Å². The number of aromatic nitrogens is 2. The molecule has 1 aromatic carbocycles. The van der Waals surface area contributed by atoms with Crippen molar-refractivity contribution in [3.8, 4) is 0 Å². The van der Waals surface area contributed by atoms with Crippen LogP contribution in [0.2, 0.25) is 5.02 Å². The van der Waals surface area contributed by atoms with Crippen molar-refractivity contribution >= 4 is 23.2 Å². The van der Waals surface area contributed by atoms with Crippen LogP contribution in [0.5, 0.6) is 0 Å². The first kappa shape index (κ1) is 11.4. The Bertz CT molecular complexity index is 496. The standard InChI is InChI=1S/C11H9Cl2FN2/c12-4-10-6-16(7-15-10)5-8-3-9(14)1-2-11(8)13/h1-3,6-7H,4-5H2. The largest absolute Gasteiger partial charge is 0.333 e. The van der Waals surface area contributed by atoms with Crippen LogP contribution in [0.1, 0.15) is 11.3 Å². The molecule has 2 nitrogen and oxygen atoms in total. The van der Waals surface area contributed by atoms with Gasteiger partial charge in [-0.05, 0) is 23.8 Å². The molecule has 0 saturated carbocycles. The fourth-order valence-corrected chi connectivity index (χ4v) is 1.74. The van der Waals surface area contributed by atoms with Crippen LogP contribution in [0.3, 0.4) is 0 Å². The van der Waals surface area contributed by atoms with Crippen LogP contribution in [0.4, 0.5) is 4.39 Å². The normalized spacial score (nSPS) is 10.7. The first-order chi connectivity index (χ1) is 7.69. The van der Waals surface area contributed by atoms with E-state index in [2.05, 4.69) is 4.98 Å². The van der Waals surface area contributed by atoms with E-state index >= 15 is 0 Å². The Morgan fingerprint density at radius 3 is 2.88 bits per heavy atom. The van der Waals surface area contributed by atoms with Gasteiger partial charge in [0.2, 0.25) is 0 Å². The number of rotatable bonds is 3. The highest BCUT2D eigenvalue weighted by Crippen LogP contribution is 2.18. The highest BCUT2D eigenvalue weighted by atomic mass is 35.5. The van der Waals surface area contributed by atoms with Crippen LogP contribution in [0.15, 0.2) is 30.7 Å².